The molecule has 0 aromatic heterocycles. The molecule has 4 nitrogen and oxygen atoms in total. The van der Waals surface area contributed by atoms with Crippen molar-refractivity contribution in [1.29, 1.82) is 0 Å². The maximum absolute atomic E-state index is 11.2. The number of phenolic OH excluding ortho intramolecular Hbond substituents is 1. The molecule has 0 unspecified atom stereocenters. The summed E-state index contributed by atoms with van der Waals surface area (Å²) in [5.74, 6) is -0.450. The van der Waals surface area contributed by atoms with E-state index in [1.165, 1.54) is 24.3 Å². The van der Waals surface area contributed by atoms with E-state index in [2.05, 4.69) is 9.78 Å². The summed E-state index contributed by atoms with van der Waals surface area (Å²) >= 11 is 0. The van der Waals surface area contributed by atoms with Crippen LogP contribution in [0.25, 0.3) is 0 Å². The minimum atomic E-state index is -0.557. The fraction of sp³-hybridized carbons (Fsp3) is 0.300. The highest BCUT2D eigenvalue weighted by atomic mass is 17.2. The van der Waals surface area contributed by atoms with Gasteiger partial charge in [0.1, 0.15) is 5.75 Å². The monoisotopic (exact) mass is 196 g/mol. The van der Waals surface area contributed by atoms with Gasteiger partial charge in [-0.1, -0.05) is 6.92 Å². The Bertz CT molecular complexity index is 291. The van der Waals surface area contributed by atoms with Crippen molar-refractivity contribution in [3.63, 3.8) is 0 Å². The molecule has 0 saturated carbocycles. The molecule has 0 saturated heterocycles. The Kier molecular flexibility index (Phi) is 3.94. The zero-order valence-corrected chi connectivity index (χ0v) is 7.90. The van der Waals surface area contributed by atoms with Gasteiger partial charge in [-0.05, 0) is 30.7 Å². The van der Waals surface area contributed by atoms with E-state index >= 15 is 0 Å². The van der Waals surface area contributed by atoms with Gasteiger partial charge in [-0.25, -0.2) is 4.79 Å². The minimum Gasteiger partial charge on any atom is -0.508 e. The number of carbonyl (C=O) groups excluding carboxylic acids is 1. The molecule has 76 valence electrons. The highest BCUT2D eigenvalue weighted by Crippen LogP contribution is 2.10. The Morgan fingerprint density at radius 3 is 2.57 bits per heavy atom. The summed E-state index contributed by atoms with van der Waals surface area (Å²) in [5.41, 5.74) is 0.346. The molecular weight excluding hydrogens is 184 g/mol. The van der Waals surface area contributed by atoms with Crippen LogP contribution in [0.15, 0.2) is 24.3 Å². The van der Waals surface area contributed by atoms with Crippen LogP contribution in [0.1, 0.15) is 23.7 Å². The molecule has 14 heavy (non-hydrogen) atoms. The van der Waals surface area contributed by atoms with Gasteiger partial charge in [0, 0.05) is 0 Å². The van der Waals surface area contributed by atoms with Crippen LogP contribution < -0.4 is 0 Å². The molecule has 1 aromatic rings. The first-order valence-electron chi connectivity index (χ1n) is 4.37. The standard InChI is InChI=1S/C10H12O4/c1-2-7-13-14-10(12)8-3-5-9(11)6-4-8/h3-6,11H,2,7H2,1H3. The average Bonchev–Trinajstić information content (AvgIpc) is 2.19. The summed E-state index contributed by atoms with van der Waals surface area (Å²) in [4.78, 5) is 20.3. The van der Waals surface area contributed by atoms with Crippen LogP contribution in [0.2, 0.25) is 0 Å². The third-order valence-electron chi connectivity index (χ3n) is 1.53. The number of phenols is 1. The van der Waals surface area contributed by atoms with Crippen molar-refractivity contribution >= 4 is 5.97 Å². The van der Waals surface area contributed by atoms with E-state index in [1.54, 1.807) is 0 Å². The summed E-state index contributed by atoms with van der Waals surface area (Å²) in [7, 11) is 0. The summed E-state index contributed by atoms with van der Waals surface area (Å²) in [5, 5.41) is 8.97. The second-order valence-electron chi connectivity index (χ2n) is 2.74. The summed E-state index contributed by atoms with van der Waals surface area (Å²) in [6, 6.07) is 5.76. The van der Waals surface area contributed by atoms with Crippen molar-refractivity contribution in [2.45, 2.75) is 13.3 Å². The smallest absolute Gasteiger partial charge is 0.373 e. The SMILES string of the molecule is CCCOOC(=O)c1ccc(O)cc1. The van der Waals surface area contributed by atoms with Crippen LogP contribution in [0.4, 0.5) is 0 Å². The Morgan fingerprint density at radius 1 is 1.36 bits per heavy atom. The zero-order chi connectivity index (χ0) is 10.4. The first-order valence-corrected chi connectivity index (χ1v) is 4.37. The fourth-order valence-electron chi connectivity index (χ4n) is 0.824. The first kappa shape index (κ1) is 10.5. The summed E-state index contributed by atoms with van der Waals surface area (Å²) in [6.07, 6.45) is 0.781. The predicted molar refractivity (Wildman–Crippen MR) is 49.8 cm³/mol. The number of hydrogen-bond donors (Lipinski definition) is 1. The van der Waals surface area contributed by atoms with E-state index in [0.717, 1.165) is 6.42 Å². The van der Waals surface area contributed by atoms with Gasteiger partial charge >= 0.3 is 5.97 Å². The lowest BCUT2D eigenvalue weighted by molar-refractivity contribution is -0.240. The Balaban J connectivity index is 2.48. The number of aromatic hydroxyl groups is 1. The van der Waals surface area contributed by atoms with Crippen molar-refractivity contribution in [3.05, 3.63) is 29.8 Å². The van der Waals surface area contributed by atoms with E-state index < -0.39 is 5.97 Å². The van der Waals surface area contributed by atoms with Crippen molar-refractivity contribution in [3.8, 4) is 5.75 Å². The predicted octanol–water partition coefficient (Wildman–Crippen LogP) is 1.89. The maximum atomic E-state index is 11.2. The molecule has 0 amide bonds. The number of carbonyl (C=O) groups is 1. The van der Waals surface area contributed by atoms with Crippen LogP contribution in [0, 0.1) is 0 Å². The number of benzene rings is 1. The third-order valence-corrected chi connectivity index (χ3v) is 1.53. The highest BCUT2D eigenvalue weighted by molar-refractivity contribution is 5.89. The maximum Gasteiger partial charge on any atom is 0.373 e. The minimum absolute atomic E-state index is 0.107. The van der Waals surface area contributed by atoms with E-state index in [4.69, 9.17) is 5.11 Å². The molecule has 0 aliphatic heterocycles. The van der Waals surface area contributed by atoms with Crippen LogP contribution >= 0.6 is 0 Å². The Hall–Kier alpha value is -1.55. The third kappa shape index (κ3) is 3.06. The van der Waals surface area contributed by atoms with Crippen molar-refractivity contribution in [2.75, 3.05) is 6.61 Å². The number of hydrogen-bond acceptors (Lipinski definition) is 4. The van der Waals surface area contributed by atoms with Gasteiger partial charge in [-0.3, -0.25) is 4.89 Å². The summed E-state index contributed by atoms with van der Waals surface area (Å²) in [6.45, 7) is 2.29. The number of rotatable bonds is 4. The highest BCUT2D eigenvalue weighted by Gasteiger charge is 2.07. The molecule has 0 fully saturated rings. The topological polar surface area (TPSA) is 55.8 Å². The second-order valence-corrected chi connectivity index (χ2v) is 2.74. The molecule has 0 atom stereocenters. The van der Waals surface area contributed by atoms with Gasteiger partial charge in [0.05, 0.1) is 12.2 Å². The fourth-order valence-corrected chi connectivity index (χ4v) is 0.824. The molecule has 0 bridgehead atoms. The van der Waals surface area contributed by atoms with E-state index in [0.29, 0.717) is 12.2 Å². The molecule has 0 radical (unpaired) electrons. The lowest BCUT2D eigenvalue weighted by Gasteiger charge is -2.01. The first-order chi connectivity index (χ1) is 6.74. The molecule has 4 heteroatoms. The van der Waals surface area contributed by atoms with Crippen molar-refractivity contribution in [2.24, 2.45) is 0 Å². The lowest BCUT2D eigenvalue weighted by Crippen LogP contribution is -2.06. The quantitative estimate of drug-likeness (QED) is 0.454. The molecule has 0 heterocycles. The van der Waals surface area contributed by atoms with Crippen molar-refractivity contribution < 1.29 is 19.7 Å². The van der Waals surface area contributed by atoms with E-state index in [1.807, 2.05) is 6.92 Å². The lowest BCUT2D eigenvalue weighted by atomic mass is 10.2. The molecule has 1 N–H and O–H groups in total. The largest absolute Gasteiger partial charge is 0.508 e. The van der Waals surface area contributed by atoms with Gasteiger partial charge < -0.3 is 5.11 Å². The normalized spacial score (nSPS) is 9.79. The second kappa shape index (κ2) is 5.24. The average molecular weight is 196 g/mol. The molecule has 1 aromatic carbocycles. The Morgan fingerprint density at radius 2 is 2.00 bits per heavy atom. The molecule has 1 rings (SSSR count). The van der Waals surface area contributed by atoms with Crippen molar-refractivity contribution in [1.82, 2.24) is 0 Å². The Labute approximate surface area is 82.0 Å². The van der Waals surface area contributed by atoms with Gasteiger partial charge in [0.15, 0.2) is 0 Å². The van der Waals surface area contributed by atoms with Crippen LogP contribution in [-0.4, -0.2) is 17.7 Å². The van der Waals surface area contributed by atoms with E-state index in [-0.39, 0.29) is 5.75 Å². The molecule has 0 aliphatic carbocycles. The zero-order valence-electron chi connectivity index (χ0n) is 7.90. The van der Waals surface area contributed by atoms with Crippen LogP contribution in [0.5, 0.6) is 5.75 Å². The van der Waals surface area contributed by atoms with E-state index in [9.17, 15) is 4.79 Å². The molecular formula is C10H12O4. The van der Waals surface area contributed by atoms with Gasteiger partial charge in [-0.2, -0.15) is 4.89 Å². The molecule has 0 spiro atoms. The van der Waals surface area contributed by atoms with Crippen LogP contribution in [-0.2, 0) is 9.78 Å². The van der Waals surface area contributed by atoms with Crippen LogP contribution in [0.3, 0.4) is 0 Å². The van der Waals surface area contributed by atoms with Gasteiger partial charge in [0.25, 0.3) is 0 Å². The van der Waals surface area contributed by atoms with Gasteiger partial charge in [-0.15, -0.1) is 0 Å². The summed E-state index contributed by atoms with van der Waals surface area (Å²) < 4.78 is 0. The van der Waals surface area contributed by atoms with Gasteiger partial charge in [0.2, 0.25) is 0 Å². The molecule has 0 aliphatic rings.